The highest BCUT2D eigenvalue weighted by Crippen LogP contribution is 2.24. The molecule has 2 aliphatic heterocycles. The molecular weight excluding hydrogens is 240 g/mol. The Morgan fingerprint density at radius 1 is 1.21 bits per heavy atom. The van der Waals surface area contributed by atoms with Gasteiger partial charge in [0, 0.05) is 12.6 Å². The minimum absolute atomic E-state index is 0.126. The van der Waals surface area contributed by atoms with Crippen molar-refractivity contribution in [1.82, 2.24) is 9.80 Å². The Kier molecular flexibility index (Phi) is 5.22. The summed E-state index contributed by atoms with van der Waals surface area (Å²) >= 11 is 0. The van der Waals surface area contributed by atoms with Crippen molar-refractivity contribution >= 4 is 5.97 Å². The third-order valence-electron chi connectivity index (χ3n) is 4.67. The Morgan fingerprint density at radius 2 is 1.89 bits per heavy atom. The summed E-state index contributed by atoms with van der Waals surface area (Å²) in [5, 5.41) is 9.06. The normalized spacial score (nSPS) is 27.2. The smallest absolute Gasteiger partial charge is 0.307 e. The molecule has 19 heavy (non-hydrogen) atoms. The largest absolute Gasteiger partial charge is 0.481 e. The van der Waals surface area contributed by atoms with E-state index in [0.29, 0.717) is 6.04 Å². The summed E-state index contributed by atoms with van der Waals surface area (Å²) in [7, 11) is 0. The van der Waals surface area contributed by atoms with Crippen LogP contribution in [0.1, 0.15) is 39.5 Å². The fourth-order valence-corrected chi connectivity index (χ4v) is 3.27. The topological polar surface area (TPSA) is 43.8 Å². The number of nitrogens with zero attached hydrogens (tertiary/aromatic N) is 2. The van der Waals surface area contributed by atoms with Gasteiger partial charge in [-0.1, -0.05) is 13.8 Å². The molecule has 4 nitrogen and oxygen atoms in total. The Morgan fingerprint density at radius 3 is 2.42 bits per heavy atom. The van der Waals surface area contributed by atoms with E-state index in [4.69, 9.17) is 5.11 Å². The molecule has 0 aromatic rings. The maximum absolute atomic E-state index is 11.0. The van der Waals surface area contributed by atoms with Crippen molar-refractivity contribution < 1.29 is 9.90 Å². The number of hydrogen-bond acceptors (Lipinski definition) is 3. The van der Waals surface area contributed by atoms with E-state index in [9.17, 15) is 4.79 Å². The van der Waals surface area contributed by atoms with Crippen molar-refractivity contribution in [3.63, 3.8) is 0 Å². The van der Waals surface area contributed by atoms with Gasteiger partial charge in [0.25, 0.3) is 0 Å². The van der Waals surface area contributed by atoms with E-state index in [1.165, 1.54) is 38.9 Å². The highest BCUT2D eigenvalue weighted by Gasteiger charge is 2.33. The van der Waals surface area contributed by atoms with Crippen LogP contribution < -0.4 is 0 Å². The lowest BCUT2D eigenvalue weighted by Gasteiger charge is -2.37. The summed E-state index contributed by atoms with van der Waals surface area (Å²) < 4.78 is 0. The van der Waals surface area contributed by atoms with Crippen molar-refractivity contribution in [3.05, 3.63) is 0 Å². The molecule has 0 radical (unpaired) electrons. The summed E-state index contributed by atoms with van der Waals surface area (Å²) in [4.78, 5) is 16.0. The van der Waals surface area contributed by atoms with Crippen molar-refractivity contribution in [2.45, 2.75) is 45.6 Å². The van der Waals surface area contributed by atoms with Gasteiger partial charge in [-0.2, -0.15) is 0 Å². The highest BCUT2D eigenvalue weighted by atomic mass is 16.4. The van der Waals surface area contributed by atoms with Crippen LogP contribution in [0.4, 0.5) is 0 Å². The van der Waals surface area contributed by atoms with Crippen LogP contribution in [0, 0.1) is 11.8 Å². The van der Waals surface area contributed by atoms with E-state index in [0.717, 1.165) is 25.4 Å². The monoisotopic (exact) mass is 268 g/mol. The van der Waals surface area contributed by atoms with Gasteiger partial charge in [-0.05, 0) is 57.8 Å². The molecule has 0 amide bonds. The molecule has 2 saturated heterocycles. The van der Waals surface area contributed by atoms with Crippen LogP contribution in [0.15, 0.2) is 0 Å². The maximum Gasteiger partial charge on any atom is 0.307 e. The predicted molar refractivity (Wildman–Crippen MR) is 76.2 cm³/mol. The van der Waals surface area contributed by atoms with Crippen LogP contribution >= 0.6 is 0 Å². The fourth-order valence-electron chi connectivity index (χ4n) is 3.27. The first kappa shape index (κ1) is 14.8. The Bertz CT molecular complexity index is 299. The molecule has 1 atom stereocenters. The Hall–Kier alpha value is -0.610. The van der Waals surface area contributed by atoms with Gasteiger partial charge >= 0.3 is 5.97 Å². The van der Waals surface area contributed by atoms with Gasteiger partial charge in [0.15, 0.2) is 0 Å². The van der Waals surface area contributed by atoms with Crippen LogP contribution in [-0.2, 0) is 4.79 Å². The van der Waals surface area contributed by atoms with Gasteiger partial charge in [-0.15, -0.1) is 0 Å². The standard InChI is InChI=1S/C15H28N2O2/c1-12(2)3-7-16-8-5-14(6-9-16)17-10-4-13(11-17)15(18)19/h12-14H,3-11H2,1-2H3,(H,18,19). The SMILES string of the molecule is CC(C)CCN1CCC(N2CCC(C(=O)O)C2)CC1. The molecular formula is C15H28N2O2. The molecule has 1 N–H and O–H groups in total. The molecule has 2 aliphatic rings. The number of carboxylic acid groups (broad SMARTS) is 1. The fraction of sp³-hybridized carbons (Fsp3) is 0.933. The summed E-state index contributed by atoms with van der Waals surface area (Å²) in [6.45, 7) is 9.91. The molecule has 0 bridgehead atoms. The van der Waals surface area contributed by atoms with Crippen LogP contribution in [0.5, 0.6) is 0 Å². The molecule has 1 unspecified atom stereocenters. The van der Waals surface area contributed by atoms with E-state index in [2.05, 4.69) is 23.6 Å². The van der Waals surface area contributed by atoms with Crippen LogP contribution in [0.25, 0.3) is 0 Å². The third-order valence-corrected chi connectivity index (χ3v) is 4.67. The number of carboxylic acids is 1. The summed E-state index contributed by atoms with van der Waals surface area (Å²) in [6.07, 6.45) is 4.55. The van der Waals surface area contributed by atoms with E-state index < -0.39 is 5.97 Å². The zero-order valence-corrected chi connectivity index (χ0v) is 12.3. The van der Waals surface area contributed by atoms with Crippen LogP contribution in [-0.4, -0.2) is 59.6 Å². The van der Waals surface area contributed by atoms with E-state index >= 15 is 0 Å². The molecule has 0 aromatic heterocycles. The quantitative estimate of drug-likeness (QED) is 0.827. The zero-order chi connectivity index (χ0) is 13.8. The van der Waals surface area contributed by atoms with Crippen LogP contribution in [0.3, 0.4) is 0 Å². The number of hydrogen-bond donors (Lipinski definition) is 1. The second kappa shape index (κ2) is 6.71. The number of rotatable bonds is 5. The molecule has 0 spiro atoms. The van der Waals surface area contributed by atoms with Gasteiger partial charge in [0.1, 0.15) is 0 Å². The van der Waals surface area contributed by atoms with Gasteiger partial charge in [-0.3, -0.25) is 9.69 Å². The molecule has 2 heterocycles. The highest BCUT2D eigenvalue weighted by molar-refractivity contribution is 5.70. The minimum atomic E-state index is -0.614. The molecule has 0 aliphatic carbocycles. The molecule has 0 aromatic carbocycles. The number of likely N-dealkylation sites (tertiary alicyclic amines) is 2. The maximum atomic E-state index is 11.0. The van der Waals surface area contributed by atoms with Crippen molar-refractivity contribution in [3.8, 4) is 0 Å². The Labute approximate surface area is 116 Å². The molecule has 4 heteroatoms. The lowest BCUT2D eigenvalue weighted by molar-refractivity contribution is -0.141. The van der Waals surface area contributed by atoms with Crippen molar-refractivity contribution in [2.75, 3.05) is 32.7 Å². The summed E-state index contributed by atoms with van der Waals surface area (Å²) in [6, 6.07) is 0.625. The van der Waals surface area contributed by atoms with Crippen molar-refractivity contribution in [1.29, 1.82) is 0 Å². The summed E-state index contributed by atoms with van der Waals surface area (Å²) in [5.41, 5.74) is 0. The minimum Gasteiger partial charge on any atom is -0.481 e. The number of carbonyl (C=O) groups is 1. The number of aliphatic carboxylic acids is 1. The second-order valence-electron chi connectivity index (χ2n) is 6.57. The molecule has 0 saturated carbocycles. The first-order valence-electron chi connectivity index (χ1n) is 7.75. The lowest BCUT2D eigenvalue weighted by atomic mass is 10.0. The first-order chi connectivity index (χ1) is 9.06. The predicted octanol–water partition coefficient (Wildman–Crippen LogP) is 1.90. The first-order valence-corrected chi connectivity index (χ1v) is 7.75. The zero-order valence-electron chi connectivity index (χ0n) is 12.3. The molecule has 2 fully saturated rings. The van der Waals surface area contributed by atoms with Crippen molar-refractivity contribution in [2.24, 2.45) is 11.8 Å². The van der Waals surface area contributed by atoms with Gasteiger partial charge in [-0.25, -0.2) is 0 Å². The van der Waals surface area contributed by atoms with Gasteiger partial charge < -0.3 is 10.0 Å². The van der Waals surface area contributed by atoms with E-state index in [1.54, 1.807) is 0 Å². The van der Waals surface area contributed by atoms with Gasteiger partial charge in [0.2, 0.25) is 0 Å². The third kappa shape index (κ3) is 4.18. The summed E-state index contributed by atoms with van der Waals surface area (Å²) in [5.74, 6) is 0.0449. The molecule has 110 valence electrons. The Balaban J connectivity index is 1.70. The van der Waals surface area contributed by atoms with Crippen LogP contribution in [0.2, 0.25) is 0 Å². The lowest BCUT2D eigenvalue weighted by Crippen LogP contribution is -2.44. The average molecular weight is 268 g/mol. The number of piperidine rings is 1. The molecule has 2 rings (SSSR count). The van der Waals surface area contributed by atoms with E-state index in [-0.39, 0.29) is 5.92 Å². The second-order valence-corrected chi connectivity index (χ2v) is 6.57. The van der Waals surface area contributed by atoms with E-state index in [1.807, 2.05) is 0 Å². The average Bonchev–Trinajstić information content (AvgIpc) is 2.86. The van der Waals surface area contributed by atoms with Gasteiger partial charge in [0.05, 0.1) is 5.92 Å².